The molecule has 84 valence electrons. The molecule has 16 heavy (non-hydrogen) atoms. The molecule has 5 nitrogen and oxygen atoms in total. The molecule has 0 aliphatic carbocycles. The van der Waals surface area contributed by atoms with E-state index in [1.54, 1.807) is 6.20 Å². The molecule has 4 N–H and O–H groups in total. The van der Waals surface area contributed by atoms with Crippen molar-refractivity contribution in [1.29, 1.82) is 0 Å². The zero-order chi connectivity index (χ0) is 11.4. The Kier molecular flexibility index (Phi) is 3.66. The van der Waals surface area contributed by atoms with Crippen LogP contribution in [0.3, 0.4) is 0 Å². The SMILES string of the molecule is NNC(Cc1cccc(Br)c1)c1cn[nH]n1. The van der Waals surface area contributed by atoms with Crippen molar-refractivity contribution in [3.05, 3.63) is 46.2 Å². The van der Waals surface area contributed by atoms with Gasteiger partial charge in [0.1, 0.15) is 5.69 Å². The van der Waals surface area contributed by atoms with Gasteiger partial charge >= 0.3 is 0 Å². The van der Waals surface area contributed by atoms with Gasteiger partial charge in [0, 0.05) is 4.47 Å². The molecule has 0 aliphatic rings. The van der Waals surface area contributed by atoms with Gasteiger partial charge in [0.25, 0.3) is 0 Å². The maximum Gasteiger partial charge on any atom is 0.101 e. The summed E-state index contributed by atoms with van der Waals surface area (Å²) in [6.45, 7) is 0. The molecule has 1 heterocycles. The van der Waals surface area contributed by atoms with E-state index in [1.165, 1.54) is 5.56 Å². The number of nitrogens with two attached hydrogens (primary N) is 1. The van der Waals surface area contributed by atoms with Crippen molar-refractivity contribution in [3.63, 3.8) is 0 Å². The van der Waals surface area contributed by atoms with Crippen LogP contribution in [0.1, 0.15) is 17.3 Å². The Labute approximate surface area is 102 Å². The molecule has 2 rings (SSSR count). The summed E-state index contributed by atoms with van der Waals surface area (Å²) in [7, 11) is 0. The third-order valence-corrected chi connectivity index (χ3v) is 2.81. The van der Waals surface area contributed by atoms with E-state index in [1.807, 2.05) is 12.1 Å². The van der Waals surface area contributed by atoms with Crippen molar-refractivity contribution in [2.45, 2.75) is 12.5 Å². The van der Waals surface area contributed by atoms with E-state index in [2.05, 4.69) is 48.9 Å². The Balaban J connectivity index is 2.13. The number of hydrazine groups is 1. The predicted molar refractivity (Wildman–Crippen MR) is 64.3 cm³/mol. The summed E-state index contributed by atoms with van der Waals surface area (Å²) in [6, 6.07) is 8.06. The molecule has 6 heteroatoms. The first kappa shape index (κ1) is 11.3. The second-order valence-corrected chi connectivity index (χ2v) is 4.36. The van der Waals surface area contributed by atoms with Crippen LogP contribution in [0.15, 0.2) is 34.9 Å². The largest absolute Gasteiger partial charge is 0.271 e. The van der Waals surface area contributed by atoms with Gasteiger partial charge < -0.3 is 0 Å². The molecule has 1 atom stereocenters. The topological polar surface area (TPSA) is 79.6 Å². The zero-order valence-electron chi connectivity index (χ0n) is 8.52. The van der Waals surface area contributed by atoms with Crippen molar-refractivity contribution in [2.75, 3.05) is 0 Å². The van der Waals surface area contributed by atoms with Crippen molar-refractivity contribution < 1.29 is 0 Å². The third-order valence-electron chi connectivity index (χ3n) is 2.32. The molecule has 0 bridgehead atoms. The number of nitrogens with one attached hydrogen (secondary N) is 2. The van der Waals surface area contributed by atoms with E-state index in [4.69, 9.17) is 5.84 Å². The summed E-state index contributed by atoms with van der Waals surface area (Å²) < 4.78 is 1.06. The monoisotopic (exact) mass is 281 g/mol. The molecular formula is C10H12BrN5. The second-order valence-electron chi connectivity index (χ2n) is 3.45. The molecule has 0 saturated heterocycles. The van der Waals surface area contributed by atoms with Crippen molar-refractivity contribution in [2.24, 2.45) is 5.84 Å². The molecule has 1 aromatic heterocycles. The van der Waals surface area contributed by atoms with Gasteiger partial charge in [-0.15, -0.1) is 0 Å². The lowest BCUT2D eigenvalue weighted by molar-refractivity contribution is 0.537. The highest BCUT2D eigenvalue weighted by molar-refractivity contribution is 9.10. The number of hydrogen-bond donors (Lipinski definition) is 3. The summed E-state index contributed by atoms with van der Waals surface area (Å²) >= 11 is 3.44. The fourth-order valence-corrected chi connectivity index (χ4v) is 1.97. The molecule has 0 spiro atoms. The standard InChI is InChI=1S/C10H12BrN5/c11-8-3-1-2-7(4-8)5-9(14-12)10-6-13-16-15-10/h1-4,6,9,14H,5,12H2,(H,13,15,16). The van der Waals surface area contributed by atoms with Gasteiger partial charge in [-0.1, -0.05) is 28.1 Å². The number of aromatic amines is 1. The predicted octanol–water partition coefficient (Wildman–Crippen LogP) is 1.31. The maximum atomic E-state index is 5.51. The van der Waals surface area contributed by atoms with Crippen LogP contribution < -0.4 is 11.3 Å². The Bertz CT molecular complexity index is 442. The van der Waals surface area contributed by atoms with Crippen molar-refractivity contribution >= 4 is 15.9 Å². The molecule has 0 amide bonds. The summed E-state index contributed by atoms with van der Waals surface area (Å²) in [5.74, 6) is 5.51. The van der Waals surface area contributed by atoms with Crippen LogP contribution in [0.2, 0.25) is 0 Å². The van der Waals surface area contributed by atoms with Gasteiger partial charge in [0.2, 0.25) is 0 Å². The summed E-state index contributed by atoms with van der Waals surface area (Å²) in [5, 5.41) is 10.4. The second kappa shape index (κ2) is 5.20. The Hall–Kier alpha value is -1.24. The molecule has 0 saturated carbocycles. The lowest BCUT2D eigenvalue weighted by Crippen LogP contribution is -2.29. The highest BCUT2D eigenvalue weighted by Crippen LogP contribution is 2.18. The van der Waals surface area contributed by atoms with Gasteiger partial charge in [-0.05, 0) is 24.1 Å². The number of nitrogens with zero attached hydrogens (tertiary/aromatic N) is 2. The minimum absolute atomic E-state index is 0.0342. The fraction of sp³-hybridized carbons (Fsp3) is 0.200. The lowest BCUT2D eigenvalue weighted by atomic mass is 10.0. The summed E-state index contributed by atoms with van der Waals surface area (Å²) in [4.78, 5) is 0. The molecule has 0 fully saturated rings. The number of hydrogen-bond acceptors (Lipinski definition) is 4. The van der Waals surface area contributed by atoms with E-state index < -0.39 is 0 Å². The Morgan fingerprint density at radius 1 is 1.50 bits per heavy atom. The number of benzene rings is 1. The lowest BCUT2D eigenvalue weighted by Gasteiger charge is -2.12. The van der Waals surface area contributed by atoms with Gasteiger partial charge in [-0.3, -0.25) is 11.3 Å². The molecule has 0 radical (unpaired) electrons. The van der Waals surface area contributed by atoms with Crippen LogP contribution >= 0.6 is 15.9 Å². The van der Waals surface area contributed by atoms with Crippen LogP contribution in [0.25, 0.3) is 0 Å². The quantitative estimate of drug-likeness (QED) is 0.583. The molecule has 2 aromatic rings. The van der Waals surface area contributed by atoms with Gasteiger partial charge in [0.15, 0.2) is 0 Å². The normalized spacial score (nSPS) is 12.6. The highest BCUT2D eigenvalue weighted by atomic mass is 79.9. The minimum Gasteiger partial charge on any atom is -0.271 e. The number of halogens is 1. The summed E-state index contributed by atoms with van der Waals surface area (Å²) in [6.07, 6.45) is 2.44. The Morgan fingerprint density at radius 3 is 3.00 bits per heavy atom. The summed E-state index contributed by atoms with van der Waals surface area (Å²) in [5.41, 5.74) is 4.72. The van der Waals surface area contributed by atoms with Crippen LogP contribution in [0.4, 0.5) is 0 Å². The van der Waals surface area contributed by atoms with Crippen LogP contribution in [0.5, 0.6) is 0 Å². The van der Waals surface area contributed by atoms with Crippen LogP contribution in [0, 0.1) is 0 Å². The van der Waals surface area contributed by atoms with Gasteiger partial charge in [0.05, 0.1) is 12.2 Å². The van der Waals surface area contributed by atoms with E-state index in [9.17, 15) is 0 Å². The van der Waals surface area contributed by atoms with Gasteiger partial charge in [-0.2, -0.15) is 15.4 Å². The average molecular weight is 282 g/mol. The van der Waals surface area contributed by atoms with E-state index in [-0.39, 0.29) is 6.04 Å². The average Bonchev–Trinajstić information content (AvgIpc) is 2.79. The van der Waals surface area contributed by atoms with Crippen LogP contribution in [-0.2, 0) is 6.42 Å². The number of rotatable bonds is 4. The van der Waals surface area contributed by atoms with Crippen molar-refractivity contribution in [1.82, 2.24) is 20.8 Å². The van der Waals surface area contributed by atoms with E-state index in [0.29, 0.717) is 0 Å². The smallest absolute Gasteiger partial charge is 0.101 e. The first-order valence-electron chi connectivity index (χ1n) is 4.86. The molecule has 1 aromatic carbocycles. The molecule has 0 aliphatic heterocycles. The Morgan fingerprint density at radius 2 is 2.38 bits per heavy atom. The number of H-pyrrole nitrogens is 1. The maximum absolute atomic E-state index is 5.51. The first-order valence-corrected chi connectivity index (χ1v) is 5.65. The van der Waals surface area contributed by atoms with E-state index >= 15 is 0 Å². The number of aromatic nitrogens is 3. The zero-order valence-corrected chi connectivity index (χ0v) is 10.1. The molecular weight excluding hydrogens is 270 g/mol. The van der Waals surface area contributed by atoms with E-state index in [0.717, 1.165) is 16.6 Å². The minimum atomic E-state index is -0.0342. The van der Waals surface area contributed by atoms with Crippen LogP contribution in [-0.4, -0.2) is 15.4 Å². The van der Waals surface area contributed by atoms with Gasteiger partial charge in [-0.25, -0.2) is 0 Å². The molecule has 1 unspecified atom stereocenters. The fourth-order valence-electron chi connectivity index (χ4n) is 1.53. The third kappa shape index (κ3) is 2.66. The van der Waals surface area contributed by atoms with Crippen molar-refractivity contribution in [3.8, 4) is 0 Å². The first-order chi connectivity index (χ1) is 7.79. The highest BCUT2D eigenvalue weighted by Gasteiger charge is 2.13.